The summed E-state index contributed by atoms with van der Waals surface area (Å²) in [5, 5.41) is 9.78. The monoisotopic (exact) mass is 245 g/mol. The van der Waals surface area contributed by atoms with Crippen LogP contribution in [0.5, 0.6) is 5.75 Å². The maximum absolute atomic E-state index is 12.7. The molecule has 0 heterocycles. The molecule has 3 N–H and O–H groups in total. The summed E-state index contributed by atoms with van der Waals surface area (Å²) < 4.78 is 38.0. The Hall–Kier alpha value is -1.23. The Morgan fingerprint density at radius 3 is 2.35 bits per heavy atom. The molecule has 0 bridgehead atoms. The first-order valence-corrected chi connectivity index (χ1v) is 5.50. The molecule has 1 saturated carbocycles. The lowest BCUT2D eigenvalue weighted by molar-refractivity contribution is -0.138. The third kappa shape index (κ3) is 1.88. The van der Waals surface area contributed by atoms with E-state index in [9.17, 15) is 18.3 Å². The average Bonchev–Trinajstić information content (AvgIpc) is 2.17. The molecule has 0 amide bonds. The lowest BCUT2D eigenvalue weighted by atomic mass is 9.64. The topological polar surface area (TPSA) is 46.2 Å². The number of phenols is 1. The zero-order valence-electron chi connectivity index (χ0n) is 9.22. The standard InChI is InChI=1S/C12H14F3NO/c13-12(14,15)9-4-1-3-8(10(9)17)11(7-16)5-2-6-11/h1,3-4,17H,2,5-7,16H2. The van der Waals surface area contributed by atoms with Crippen LogP contribution in [0.3, 0.4) is 0 Å². The van der Waals surface area contributed by atoms with E-state index >= 15 is 0 Å². The second-order valence-corrected chi connectivity index (χ2v) is 4.54. The molecule has 0 aromatic heterocycles. The van der Waals surface area contributed by atoms with Crippen LogP contribution < -0.4 is 5.73 Å². The van der Waals surface area contributed by atoms with Crippen molar-refractivity contribution in [3.8, 4) is 5.75 Å². The van der Waals surface area contributed by atoms with Gasteiger partial charge < -0.3 is 10.8 Å². The largest absolute Gasteiger partial charge is 0.507 e. The van der Waals surface area contributed by atoms with Crippen molar-refractivity contribution >= 4 is 0 Å². The predicted molar refractivity (Wildman–Crippen MR) is 57.7 cm³/mol. The molecule has 1 aromatic carbocycles. The van der Waals surface area contributed by atoms with Gasteiger partial charge >= 0.3 is 6.18 Å². The number of alkyl halides is 3. The first-order chi connectivity index (χ1) is 7.91. The lowest BCUT2D eigenvalue weighted by Crippen LogP contribution is -2.41. The fraction of sp³-hybridized carbons (Fsp3) is 0.500. The van der Waals surface area contributed by atoms with Crippen LogP contribution in [0.2, 0.25) is 0 Å². The first kappa shape index (κ1) is 12.2. The number of benzene rings is 1. The van der Waals surface area contributed by atoms with Gasteiger partial charge in [-0.25, -0.2) is 0 Å². The van der Waals surface area contributed by atoms with Crippen molar-refractivity contribution in [1.82, 2.24) is 0 Å². The fourth-order valence-corrected chi connectivity index (χ4v) is 2.39. The second-order valence-electron chi connectivity index (χ2n) is 4.54. The van der Waals surface area contributed by atoms with Gasteiger partial charge in [0, 0.05) is 17.5 Å². The fourth-order valence-electron chi connectivity index (χ4n) is 2.39. The van der Waals surface area contributed by atoms with Gasteiger partial charge in [-0.05, 0) is 18.9 Å². The van der Waals surface area contributed by atoms with E-state index in [2.05, 4.69) is 0 Å². The molecule has 1 fully saturated rings. The zero-order chi connectivity index (χ0) is 12.7. The van der Waals surface area contributed by atoms with Crippen LogP contribution in [0, 0.1) is 0 Å². The Kier molecular flexibility index (Phi) is 2.81. The minimum Gasteiger partial charge on any atom is -0.507 e. The SMILES string of the molecule is NCC1(c2cccc(C(F)(F)F)c2O)CCC1. The molecule has 0 atom stereocenters. The summed E-state index contributed by atoms with van der Waals surface area (Å²) in [6.45, 7) is 0.266. The third-order valence-corrected chi connectivity index (χ3v) is 3.61. The van der Waals surface area contributed by atoms with Gasteiger partial charge in [0.1, 0.15) is 5.75 Å². The molecular formula is C12H14F3NO. The van der Waals surface area contributed by atoms with Crippen molar-refractivity contribution in [2.45, 2.75) is 30.9 Å². The molecule has 17 heavy (non-hydrogen) atoms. The number of phenolic OH excluding ortho intramolecular Hbond substituents is 1. The second kappa shape index (κ2) is 3.91. The van der Waals surface area contributed by atoms with Crippen LogP contribution in [0.4, 0.5) is 13.2 Å². The molecule has 0 spiro atoms. The lowest BCUT2D eigenvalue weighted by Gasteiger charge is -2.42. The Balaban J connectivity index is 2.50. The summed E-state index contributed by atoms with van der Waals surface area (Å²) in [5.74, 6) is -0.662. The minimum atomic E-state index is -4.53. The van der Waals surface area contributed by atoms with Crippen LogP contribution in [-0.4, -0.2) is 11.7 Å². The van der Waals surface area contributed by atoms with E-state index in [1.807, 2.05) is 0 Å². The summed E-state index contributed by atoms with van der Waals surface area (Å²) in [6, 6.07) is 3.76. The van der Waals surface area contributed by atoms with Crippen molar-refractivity contribution in [2.75, 3.05) is 6.54 Å². The van der Waals surface area contributed by atoms with Crippen molar-refractivity contribution in [3.63, 3.8) is 0 Å². The highest BCUT2D eigenvalue weighted by atomic mass is 19.4. The number of hydrogen-bond donors (Lipinski definition) is 2. The molecule has 0 saturated heterocycles. The van der Waals surface area contributed by atoms with E-state index in [0.29, 0.717) is 5.56 Å². The molecule has 1 aliphatic rings. The van der Waals surface area contributed by atoms with E-state index in [1.165, 1.54) is 12.1 Å². The quantitative estimate of drug-likeness (QED) is 0.841. The van der Waals surface area contributed by atoms with E-state index in [0.717, 1.165) is 25.3 Å². The molecule has 1 aliphatic carbocycles. The van der Waals surface area contributed by atoms with E-state index < -0.39 is 22.9 Å². The number of para-hydroxylation sites is 1. The molecule has 0 aliphatic heterocycles. The summed E-state index contributed by atoms with van der Waals surface area (Å²) in [6.07, 6.45) is -2.12. The van der Waals surface area contributed by atoms with Gasteiger partial charge in [-0.3, -0.25) is 0 Å². The maximum atomic E-state index is 12.7. The van der Waals surface area contributed by atoms with Gasteiger partial charge in [-0.2, -0.15) is 13.2 Å². The first-order valence-electron chi connectivity index (χ1n) is 5.50. The average molecular weight is 245 g/mol. The van der Waals surface area contributed by atoms with Gasteiger partial charge in [0.15, 0.2) is 0 Å². The summed E-state index contributed by atoms with van der Waals surface area (Å²) in [7, 11) is 0. The summed E-state index contributed by atoms with van der Waals surface area (Å²) in [4.78, 5) is 0. The number of rotatable bonds is 2. The van der Waals surface area contributed by atoms with Gasteiger partial charge in [-0.1, -0.05) is 18.6 Å². The smallest absolute Gasteiger partial charge is 0.419 e. The van der Waals surface area contributed by atoms with Crippen molar-refractivity contribution in [2.24, 2.45) is 5.73 Å². The molecule has 2 nitrogen and oxygen atoms in total. The van der Waals surface area contributed by atoms with Crippen molar-refractivity contribution < 1.29 is 18.3 Å². The number of nitrogens with two attached hydrogens (primary N) is 1. The van der Waals surface area contributed by atoms with Gasteiger partial charge in [-0.15, -0.1) is 0 Å². The summed E-state index contributed by atoms with van der Waals surface area (Å²) >= 11 is 0. The maximum Gasteiger partial charge on any atom is 0.419 e. The molecule has 0 radical (unpaired) electrons. The molecule has 5 heteroatoms. The molecule has 1 aromatic rings. The van der Waals surface area contributed by atoms with Crippen molar-refractivity contribution in [1.29, 1.82) is 0 Å². The highest BCUT2D eigenvalue weighted by Gasteiger charge is 2.42. The molecule has 94 valence electrons. The van der Waals surface area contributed by atoms with Crippen LogP contribution in [-0.2, 0) is 11.6 Å². The highest BCUT2D eigenvalue weighted by Crippen LogP contribution is 2.49. The Labute approximate surface area is 97.2 Å². The van der Waals surface area contributed by atoms with E-state index in [-0.39, 0.29) is 6.54 Å². The van der Waals surface area contributed by atoms with Crippen LogP contribution in [0.25, 0.3) is 0 Å². The number of hydrogen-bond acceptors (Lipinski definition) is 2. The Bertz CT molecular complexity index is 419. The van der Waals surface area contributed by atoms with Gasteiger partial charge in [0.25, 0.3) is 0 Å². The number of halogens is 3. The molecule has 2 rings (SSSR count). The third-order valence-electron chi connectivity index (χ3n) is 3.61. The zero-order valence-corrected chi connectivity index (χ0v) is 9.22. The highest BCUT2D eigenvalue weighted by molar-refractivity contribution is 5.47. The Morgan fingerprint density at radius 1 is 1.29 bits per heavy atom. The minimum absolute atomic E-state index is 0.266. The molecule has 0 unspecified atom stereocenters. The van der Waals surface area contributed by atoms with Crippen LogP contribution in [0.15, 0.2) is 18.2 Å². The van der Waals surface area contributed by atoms with Crippen LogP contribution in [0.1, 0.15) is 30.4 Å². The Morgan fingerprint density at radius 2 is 1.94 bits per heavy atom. The predicted octanol–water partition coefficient (Wildman–Crippen LogP) is 2.79. The van der Waals surface area contributed by atoms with Gasteiger partial charge in [0.2, 0.25) is 0 Å². The van der Waals surface area contributed by atoms with E-state index in [1.54, 1.807) is 0 Å². The van der Waals surface area contributed by atoms with Gasteiger partial charge in [0.05, 0.1) is 5.56 Å². The molecular weight excluding hydrogens is 231 g/mol. The van der Waals surface area contributed by atoms with E-state index in [4.69, 9.17) is 5.73 Å². The normalized spacial score (nSPS) is 18.8. The van der Waals surface area contributed by atoms with Crippen molar-refractivity contribution in [3.05, 3.63) is 29.3 Å². The number of aromatic hydroxyl groups is 1. The van der Waals surface area contributed by atoms with Crippen LogP contribution >= 0.6 is 0 Å². The summed E-state index contributed by atoms with van der Waals surface area (Å²) in [5.41, 5.74) is 4.53.